The summed E-state index contributed by atoms with van der Waals surface area (Å²) in [6, 6.07) is 19.9. The number of alkyl carbamates (subject to hydrolysis) is 2. The lowest BCUT2D eigenvalue weighted by molar-refractivity contribution is -0.136. The van der Waals surface area contributed by atoms with Crippen molar-refractivity contribution in [3.05, 3.63) is 71.4 Å². The third-order valence-corrected chi connectivity index (χ3v) is 14.6. The topological polar surface area (TPSA) is 158 Å². The SMILES string of the molecule is COC(=O)N[C@H](C(=O)N1C[C@@H](C)C[C@H]1C1=Nc2cc(-c3ccc(-c4ccc(-c5cc6[nH]c([C@@H]7C[C@H](C)CN7C(=O)[C@@H](NC(=O)OC)C(C)C)nc6s5)cc4)cc3)sc2C1)C(C)C. The fourth-order valence-electron chi connectivity index (χ4n) is 9.03. The fraction of sp³-hybridized carbons (Fsp3) is 0.447. The number of hydrogen-bond acceptors (Lipinski definition) is 10. The number of benzene rings is 2. The Balaban J connectivity index is 0.921. The maximum Gasteiger partial charge on any atom is 0.407 e. The molecule has 0 radical (unpaired) electrons. The summed E-state index contributed by atoms with van der Waals surface area (Å²) >= 11 is 3.38. The minimum Gasteiger partial charge on any atom is -0.453 e. The van der Waals surface area contributed by atoms with Gasteiger partial charge in [0.15, 0.2) is 0 Å². The number of thiophene rings is 2. The molecule has 0 bridgehead atoms. The lowest BCUT2D eigenvalue weighted by atomic mass is 10.0. The summed E-state index contributed by atoms with van der Waals surface area (Å²) in [4.78, 5) is 73.3. The standard InChI is InChI=1S/C47H55N7O6S2/c1-24(2)40(50-46(57)59-7)44(55)53-22-26(5)17-35(53)32-19-39-33(48-32)20-37(61-39)30-13-9-28(10-14-30)29-11-15-31(16-12-29)38-21-34-43(62-38)52-42(49-34)36-18-27(6)23-54(36)45(56)41(25(3)4)51-47(58)60-8/h9-16,20-21,24-27,35-36,40-41H,17-19,22-23H2,1-8H3,(H,49,52)(H,50,57)(H,51,58)/t26-,27-,35-,36-,40-,41-/m0/s1. The second-order valence-electron chi connectivity index (χ2n) is 17.7. The van der Waals surface area contributed by atoms with Crippen LogP contribution in [0, 0.1) is 23.7 Å². The molecule has 3 N–H and O–H groups in total. The van der Waals surface area contributed by atoms with Crippen LogP contribution in [0.1, 0.15) is 71.1 Å². The number of amides is 4. The van der Waals surface area contributed by atoms with E-state index in [0.29, 0.717) is 24.9 Å². The monoisotopic (exact) mass is 877 g/mol. The Hall–Kier alpha value is -5.54. The zero-order valence-electron chi connectivity index (χ0n) is 36.5. The van der Waals surface area contributed by atoms with Gasteiger partial charge in [0.1, 0.15) is 22.7 Å². The van der Waals surface area contributed by atoms with Crippen molar-refractivity contribution in [2.75, 3.05) is 27.3 Å². The van der Waals surface area contributed by atoms with Gasteiger partial charge in [0.05, 0.1) is 37.5 Å². The van der Waals surface area contributed by atoms with Gasteiger partial charge in [-0.3, -0.25) is 14.6 Å². The third-order valence-electron chi connectivity index (χ3n) is 12.3. The van der Waals surface area contributed by atoms with Gasteiger partial charge in [0.2, 0.25) is 11.8 Å². The Morgan fingerprint density at radius 2 is 1.19 bits per heavy atom. The summed E-state index contributed by atoms with van der Waals surface area (Å²) in [7, 11) is 2.61. The minimum absolute atomic E-state index is 0.0843. The van der Waals surface area contributed by atoms with E-state index in [4.69, 9.17) is 19.5 Å². The molecular weight excluding hydrogens is 823 g/mol. The van der Waals surface area contributed by atoms with Crippen LogP contribution < -0.4 is 10.6 Å². The first-order chi connectivity index (χ1) is 29.7. The zero-order valence-corrected chi connectivity index (χ0v) is 38.1. The van der Waals surface area contributed by atoms with Crippen molar-refractivity contribution in [3.8, 4) is 32.0 Å². The average molecular weight is 878 g/mol. The van der Waals surface area contributed by atoms with Crippen molar-refractivity contribution in [2.45, 2.75) is 85.0 Å². The molecule has 2 saturated heterocycles. The smallest absolute Gasteiger partial charge is 0.407 e. The summed E-state index contributed by atoms with van der Waals surface area (Å²) in [5, 5.41) is 5.47. The Kier molecular flexibility index (Phi) is 12.3. The van der Waals surface area contributed by atoms with Crippen LogP contribution in [0.3, 0.4) is 0 Å². The highest BCUT2D eigenvalue weighted by Gasteiger charge is 2.42. The molecule has 0 aliphatic carbocycles. The number of fused-ring (bicyclic) bond motifs is 2. The molecule has 13 nitrogen and oxygen atoms in total. The van der Waals surface area contributed by atoms with Gasteiger partial charge in [-0.05, 0) is 70.9 Å². The second-order valence-corrected chi connectivity index (χ2v) is 19.9. The molecule has 6 atom stereocenters. The summed E-state index contributed by atoms with van der Waals surface area (Å²) in [5.74, 6) is 1.00. The molecule has 6 heterocycles. The van der Waals surface area contributed by atoms with E-state index in [1.165, 1.54) is 19.1 Å². The summed E-state index contributed by atoms with van der Waals surface area (Å²) in [5.41, 5.74) is 7.43. The van der Waals surface area contributed by atoms with E-state index in [2.05, 4.69) is 90.1 Å². The third kappa shape index (κ3) is 8.61. The number of methoxy groups -OCH3 is 2. The number of nitrogens with zero attached hydrogens (tertiary/aromatic N) is 4. The molecule has 3 aromatic heterocycles. The normalized spacial score (nSPS) is 20.7. The van der Waals surface area contributed by atoms with Gasteiger partial charge in [0.25, 0.3) is 0 Å². The Morgan fingerprint density at radius 1 is 0.710 bits per heavy atom. The predicted molar refractivity (Wildman–Crippen MR) is 245 cm³/mol. The number of hydrogen-bond donors (Lipinski definition) is 3. The molecular formula is C47H55N7O6S2. The van der Waals surface area contributed by atoms with E-state index in [1.807, 2.05) is 37.5 Å². The summed E-state index contributed by atoms with van der Waals surface area (Å²) in [6.07, 6.45) is 1.14. The summed E-state index contributed by atoms with van der Waals surface area (Å²) < 4.78 is 9.60. The number of aliphatic imine (C=N–C) groups is 1. The number of likely N-dealkylation sites (tertiary alicyclic amines) is 2. The highest BCUT2D eigenvalue weighted by atomic mass is 32.1. The molecule has 3 aliphatic rings. The van der Waals surface area contributed by atoms with Gasteiger partial charge in [-0.25, -0.2) is 14.6 Å². The second kappa shape index (κ2) is 17.7. The van der Waals surface area contributed by atoms with Crippen molar-refractivity contribution >= 4 is 68.4 Å². The number of H-pyrrole nitrogens is 1. The largest absolute Gasteiger partial charge is 0.453 e. The maximum absolute atomic E-state index is 13.8. The van der Waals surface area contributed by atoms with Crippen LogP contribution in [0.25, 0.3) is 42.4 Å². The maximum atomic E-state index is 13.8. The quantitative estimate of drug-likeness (QED) is 0.119. The van der Waals surface area contributed by atoms with Crippen molar-refractivity contribution in [3.63, 3.8) is 0 Å². The van der Waals surface area contributed by atoms with Crippen LogP contribution in [0.5, 0.6) is 0 Å². The molecule has 0 saturated carbocycles. The lowest BCUT2D eigenvalue weighted by Crippen LogP contribution is -2.53. The van der Waals surface area contributed by atoms with Crippen molar-refractivity contribution < 1.29 is 28.7 Å². The number of nitrogens with one attached hydrogen (secondary N) is 3. The predicted octanol–water partition coefficient (Wildman–Crippen LogP) is 9.22. The van der Waals surface area contributed by atoms with Gasteiger partial charge in [0, 0.05) is 39.9 Å². The van der Waals surface area contributed by atoms with E-state index >= 15 is 0 Å². The zero-order chi connectivity index (χ0) is 44.0. The number of carbonyl (C=O) groups is 4. The number of rotatable bonds is 11. The van der Waals surface area contributed by atoms with E-state index in [-0.39, 0.29) is 35.7 Å². The first-order valence-corrected chi connectivity index (χ1v) is 23.0. The molecule has 4 amide bonds. The lowest BCUT2D eigenvalue weighted by Gasteiger charge is -2.31. The number of aromatic nitrogens is 2. The van der Waals surface area contributed by atoms with E-state index in [1.54, 1.807) is 22.7 Å². The van der Waals surface area contributed by atoms with Gasteiger partial charge >= 0.3 is 12.2 Å². The van der Waals surface area contributed by atoms with E-state index in [9.17, 15) is 19.2 Å². The van der Waals surface area contributed by atoms with Crippen LogP contribution in [0.2, 0.25) is 0 Å². The van der Waals surface area contributed by atoms with Gasteiger partial charge in [-0.15, -0.1) is 22.7 Å². The highest BCUT2D eigenvalue weighted by Crippen LogP contribution is 2.43. The van der Waals surface area contributed by atoms with E-state index < -0.39 is 24.3 Å². The molecule has 5 aromatic rings. The van der Waals surface area contributed by atoms with Gasteiger partial charge in [-0.2, -0.15) is 0 Å². The Morgan fingerprint density at radius 3 is 1.68 bits per heavy atom. The molecule has 3 aliphatic heterocycles. The minimum atomic E-state index is -0.686. The Labute approximate surface area is 370 Å². The molecule has 326 valence electrons. The fourth-order valence-corrected chi connectivity index (χ4v) is 11.1. The molecule has 8 rings (SSSR count). The molecule has 0 spiro atoms. The van der Waals surface area contributed by atoms with Crippen molar-refractivity contribution in [2.24, 2.45) is 28.7 Å². The van der Waals surface area contributed by atoms with Crippen LogP contribution in [-0.4, -0.2) is 94.9 Å². The molecule has 15 heteroatoms. The first-order valence-electron chi connectivity index (χ1n) is 21.4. The number of carbonyl (C=O) groups excluding carboxylic acids is 4. The van der Waals surface area contributed by atoms with Crippen LogP contribution in [0.15, 0.2) is 65.7 Å². The van der Waals surface area contributed by atoms with Crippen molar-refractivity contribution in [1.29, 1.82) is 0 Å². The van der Waals surface area contributed by atoms with Crippen molar-refractivity contribution in [1.82, 2.24) is 30.4 Å². The first kappa shape index (κ1) is 43.1. The molecule has 0 unspecified atom stereocenters. The molecule has 2 aromatic carbocycles. The van der Waals surface area contributed by atoms with Crippen LogP contribution in [-0.2, 0) is 25.5 Å². The van der Waals surface area contributed by atoms with Crippen LogP contribution >= 0.6 is 22.7 Å². The average Bonchev–Trinajstić information content (AvgIpc) is 4.11. The van der Waals surface area contributed by atoms with Gasteiger partial charge in [-0.1, -0.05) is 90.1 Å². The highest BCUT2D eigenvalue weighted by molar-refractivity contribution is 7.21. The Bertz CT molecular complexity index is 2470. The van der Waals surface area contributed by atoms with Gasteiger partial charge < -0.3 is 34.9 Å². The number of aromatic amines is 1. The summed E-state index contributed by atoms with van der Waals surface area (Å²) in [6.45, 7) is 13.2. The number of ether oxygens (including phenoxy) is 2. The molecule has 2 fully saturated rings. The van der Waals surface area contributed by atoms with Crippen LogP contribution in [0.4, 0.5) is 15.3 Å². The number of imidazole rings is 1. The van der Waals surface area contributed by atoms with E-state index in [0.717, 1.165) is 78.8 Å². The molecule has 62 heavy (non-hydrogen) atoms.